The maximum atomic E-state index is 5.73. The first-order valence-corrected chi connectivity index (χ1v) is 10.9. The van der Waals surface area contributed by atoms with Gasteiger partial charge in [-0.05, 0) is 113 Å². The molecule has 1 aliphatic rings. The molecule has 0 bridgehead atoms. The van der Waals surface area contributed by atoms with Gasteiger partial charge in [0, 0.05) is 17.9 Å². The molecule has 0 aliphatic carbocycles. The number of rotatable bonds is 2. The first kappa shape index (κ1) is 20.0. The zero-order chi connectivity index (χ0) is 18.8. The highest BCUT2D eigenvalue weighted by atomic mass is 79.9. The van der Waals surface area contributed by atoms with Crippen molar-refractivity contribution in [1.29, 1.82) is 0 Å². The van der Waals surface area contributed by atoms with Gasteiger partial charge < -0.3 is 9.47 Å². The number of hydrogen-bond acceptors (Lipinski definition) is 4. The average molecular weight is 610 g/mol. The van der Waals surface area contributed by atoms with Crippen LogP contribution in [0, 0.1) is 13.8 Å². The Morgan fingerprint density at radius 3 is 1.27 bits per heavy atom. The minimum atomic E-state index is 0.348. The largest absolute Gasteiger partial charge is 0.470 e. The molecule has 0 aromatic heterocycles. The van der Waals surface area contributed by atoms with Crippen LogP contribution in [0.3, 0.4) is 0 Å². The Bertz CT molecular complexity index is 804. The van der Waals surface area contributed by atoms with Crippen LogP contribution in [0.25, 0.3) is 0 Å². The highest BCUT2D eigenvalue weighted by Crippen LogP contribution is 2.37. The Kier molecular flexibility index (Phi) is 6.59. The molecule has 0 saturated carbocycles. The van der Waals surface area contributed by atoms with E-state index in [9.17, 15) is 0 Å². The van der Waals surface area contributed by atoms with Gasteiger partial charge in [0.25, 0.3) is 11.8 Å². The molecule has 1 fully saturated rings. The number of aliphatic imine (C=N–C) groups is 2. The van der Waals surface area contributed by atoms with Gasteiger partial charge in [-0.2, -0.15) is 0 Å². The van der Waals surface area contributed by atoms with E-state index in [1.54, 1.807) is 0 Å². The van der Waals surface area contributed by atoms with Crippen molar-refractivity contribution >= 4 is 86.9 Å². The van der Waals surface area contributed by atoms with Crippen LogP contribution in [0.15, 0.2) is 52.1 Å². The van der Waals surface area contributed by atoms with Crippen LogP contribution in [0.1, 0.15) is 11.1 Å². The van der Waals surface area contributed by atoms with E-state index in [0.717, 1.165) is 40.4 Å². The number of hydrogen-bond donors (Lipinski definition) is 0. The van der Waals surface area contributed by atoms with Crippen molar-refractivity contribution in [2.24, 2.45) is 9.98 Å². The van der Waals surface area contributed by atoms with Crippen LogP contribution in [-0.2, 0) is 9.47 Å². The zero-order valence-electron chi connectivity index (χ0n) is 13.9. The summed E-state index contributed by atoms with van der Waals surface area (Å²) in [4.78, 5) is 9.25. The molecule has 0 amide bonds. The van der Waals surface area contributed by atoms with E-state index in [1.165, 1.54) is 0 Å². The van der Waals surface area contributed by atoms with Crippen LogP contribution in [0.2, 0.25) is 0 Å². The lowest BCUT2D eigenvalue weighted by Gasteiger charge is -2.19. The highest BCUT2D eigenvalue weighted by Gasteiger charge is 2.21. The molecule has 1 heterocycles. The topological polar surface area (TPSA) is 43.2 Å². The summed E-state index contributed by atoms with van der Waals surface area (Å²) in [6.07, 6.45) is 0. The molecule has 2 aromatic carbocycles. The summed E-state index contributed by atoms with van der Waals surface area (Å²) in [6.45, 7) is 4.89. The molecule has 4 nitrogen and oxygen atoms in total. The third-order valence-corrected chi connectivity index (χ3v) is 5.91. The van der Waals surface area contributed by atoms with Crippen molar-refractivity contribution in [3.8, 4) is 0 Å². The van der Waals surface area contributed by atoms with Crippen molar-refractivity contribution in [2.75, 3.05) is 13.2 Å². The van der Waals surface area contributed by atoms with Gasteiger partial charge in [-0.15, -0.1) is 0 Å². The second-order valence-corrected chi connectivity index (χ2v) is 9.10. The minimum absolute atomic E-state index is 0.348. The van der Waals surface area contributed by atoms with E-state index in [4.69, 9.17) is 9.47 Å². The summed E-state index contributed by atoms with van der Waals surface area (Å²) in [6, 6.07) is 7.99. The standard InChI is InChI=1S/C18H14Br4N2O2/c1-9-5-11(19)15(12(20)6-9)23-17-18(26-4-3-25-17)24-16-13(21)7-10(2)8-14(16)22/h5-8H,3-4H2,1-2H3. The highest BCUT2D eigenvalue weighted by molar-refractivity contribution is 9.11. The fourth-order valence-electron chi connectivity index (χ4n) is 2.36. The maximum absolute atomic E-state index is 5.73. The third-order valence-electron chi connectivity index (χ3n) is 3.49. The van der Waals surface area contributed by atoms with E-state index in [1.807, 2.05) is 38.1 Å². The van der Waals surface area contributed by atoms with Gasteiger partial charge in [-0.3, -0.25) is 0 Å². The summed E-state index contributed by atoms with van der Waals surface area (Å²) in [5, 5.41) is 0. The van der Waals surface area contributed by atoms with Crippen LogP contribution < -0.4 is 0 Å². The summed E-state index contributed by atoms with van der Waals surface area (Å²) in [7, 11) is 0. The minimum Gasteiger partial charge on any atom is -0.470 e. The smallest absolute Gasteiger partial charge is 0.278 e. The van der Waals surface area contributed by atoms with E-state index >= 15 is 0 Å². The lowest BCUT2D eigenvalue weighted by molar-refractivity contribution is 0.173. The van der Waals surface area contributed by atoms with Crippen LogP contribution >= 0.6 is 63.7 Å². The number of benzene rings is 2. The van der Waals surface area contributed by atoms with E-state index in [0.29, 0.717) is 25.0 Å². The second-order valence-electron chi connectivity index (χ2n) is 5.69. The molecular weight excluding hydrogens is 596 g/mol. The first-order valence-electron chi connectivity index (χ1n) is 7.70. The molecule has 3 rings (SSSR count). The number of aryl methyl sites for hydroxylation is 2. The molecule has 136 valence electrons. The van der Waals surface area contributed by atoms with Gasteiger partial charge in [0.1, 0.15) is 13.2 Å². The summed E-state index contributed by atoms with van der Waals surface area (Å²) >= 11 is 14.2. The fraction of sp³-hybridized carbons (Fsp3) is 0.222. The zero-order valence-corrected chi connectivity index (χ0v) is 20.3. The quantitative estimate of drug-likeness (QED) is 0.363. The van der Waals surface area contributed by atoms with E-state index in [-0.39, 0.29) is 0 Å². The SMILES string of the molecule is Cc1cc(Br)c(N=C2OCCOC2=Nc2c(Br)cc(C)cc2Br)c(Br)c1. The molecule has 1 saturated heterocycles. The molecule has 8 heteroatoms. The van der Waals surface area contributed by atoms with Gasteiger partial charge in [-0.25, -0.2) is 9.98 Å². The van der Waals surface area contributed by atoms with Gasteiger partial charge >= 0.3 is 0 Å². The van der Waals surface area contributed by atoms with E-state index in [2.05, 4.69) is 73.7 Å². The average Bonchev–Trinajstić information content (AvgIpc) is 2.55. The summed E-state index contributed by atoms with van der Waals surface area (Å²) in [5.41, 5.74) is 3.70. The van der Waals surface area contributed by atoms with Gasteiger partial charge in [0.15, 0.2) is 0 Å². The third kappa shape index (κ3) is 4.58. The van der Waals surface area contributed by atoms with Crippen LogP contribution in [0.4, 0.5) is 11.4 Å². The Balaban J connectivity index is 2.07. The molecule has 0 radical (unpaired) electrons. The van der Waals surface area contributed by atoms with Crippen molar-refractivity contribution in [2.45, 2.75) is 13.8 Å². The normalized spacial score (nSPS) is 17.3. The lowest BCUT2D eigenvalue weighted by Crippen LogP contribution is -2.29. The summed E-state index contributed by atoms with van der Waals surface area (Å²) < 4.78 is 14.9. The van der Waals surface area contributed by atoms with Gasteiger partial charge in [0.05, 0.1) is 11.4 Å². The fourth-order valence-corrected chi connectivity index (χ4v) is 5.55. The number of halogens is 4. The van der Waals surface area contributed by atoms with E-state index < -0.39 is 0 Å². The Hall–Kier alpha value is -0.700. The molecule has 1 aliphatic heterocycles. The molecule has 0 unspecified atom stereocenters. The van der Waals surface area contributed by atoms with Crippen LogP contribution in [-0.4, -0.2) is 25.0 Å². The van der Waals surface area contributed by atoms with Crippen molar-refractivity contribution in [1.82, 2.24) is 0 Å². The number of ether oxygens (including phenoxy) is 2. The molecule has 2 aromatic rings. The van der Waals surface area contributed by atoms with Gasteiger partial charge in [-0.1, -0.05) is 0 Å². The predicted molar refractivity (Wildman–Crippen MR) is 119 cm³/mol. The van der Waals surface area contributed by atoms with Crippen molar-refractivity contribution in [3.05, 3.63) is 53.3 Å². The van der Waals surface area contributed by atoms with Crippen molar-refractivity contribution in [3.63, 3.8) is 0 Å². The monoisotopic (exact) mass is 606 g/mol. The molecule has 0 atom stereocenters. The Morgan fingerprint density at radius 1 is 0.654 bits per heavy atom. The Labute approximate surface area is 185 Å². The number of nitrogens with zero attached hydrogens (tertiary/aromatic N) is 2. The first-order chi connectivity index (χ1) is 12.3. The molecule has 0 N–H and O–H groups in total. The summed E-state index contributed by atoms with van der Waals surface area (Å²) in [5.74, 6) is 0.696. The predicted octanol–water partition coefficient (Wildman–Crippen LogP) is 7.16. The Morgan fingerprint density at radius 2 is 0.962 bits per heavy atom. The lowest BCUT2D eigenvalue weighted by atomic mass is 10.2. The molecule has 26 heavy (non-hydrogen) atoms. The molecular formula is C18H14Br4N2O2. The second kappa shape index (κ2) is 8.54. The van der Waals surface area contributed by atoms with Crippen molar-refractivity contribution < 1.29 is 9.47 Å². The maximum Gasteiger partial charge on any atom is 0.278 e. The van der Waals surface area contributed by atoms with Gasteiger partial charge in [0.2, 0.25) is 0 Å². The van der Waals surface area contributed by atoms with Crippen LogP contribution in [0.5, 0.6) is 0 Å². The molecule has 0 spiro atoms.